The van der Waals surface area contributed by atoms with Crippen molar-refractivity contribution in [3.8, 4) is 11.5 Å². The third kappa shape index (κ3) is 7.75. The maximum atomic E-state index is 13.9. The van der Waals surface area contributed by atoms with E-state index in [-0.39, 0.29) is 17.3 Å². The Bertz CT molecular complexity index is 1350. The number of benzene rings is 3. The van der Waals surface area contributed by atoms with Gasteiger partial charge in [0.25, 0.3) is 10.0 Å². The van der Waals surface area contributed by atoms with Crippen LogP contribution in [-0.2, 0) is 26.2 Å². The van der Waals surface area contributed by atoms with Gasteiger partial charge in [0.05, 0.1) is 24.8 Å². The summed E-state index contributed by atoms with van der Waals surface area (Å²) in [6.07, 6.45) is 1.72. The Hall–Kier alpha value is -4.05. The van der Waals surface area contributed by atoms with E-state index in [0.717, 1.165) is 22.7 Å². The van der Waals surface area contributed by atoms with Gasteiger partial charge in [0, 0.05) is 13.1 Å². The summed E-state index contributed by atoms with van der Waals surface area (Å²) in [7, 11) is -1.04. The second-order valence-electron chi connectivity index (χ2n) is 9.21. The molecule has 0 aliphatic heterocycles. The Morgan fingerprint density at radius 3 is 2.00 bits per heavy atom. The van der Waals surface area contributed by atoms with Crippen LogP contribution in [0.5, 0.6) is 11.5 Å². The molecule has 214 valence electrons. The summed E-state index contributed by atoms with van der Waals surface area (Å²) < 4.78 is 39.1. The third-order valence-corrected chi connectivity index (χ3v) is 8.27. The van der Waals surface area contributed by atoms with Crippen LogP contribution in [0.25, 0.3) is 0 Å². The number of sulfonamides is 1. The van der Waals surface area contributed by atoms with Crippen LogP contribution in [0.2, 0.25) is 0 Å². The average Bonchev–Trinajstić information content (AvgIpc) is 2.99. The van der Waals surface area contributed by atoms with Crippen LogP contribution < -0.4 is 19.1 Å². The number of amides is 2. The molecule has 1 unspecified atom stereocenters. The summed E-state index contributed by atoms with van der Waals surface area (Å²) in [4.78, 5) is 28.4. The largest absolute Gasteiger partial charge is 0.497 e. The summed E-state index contributed by atoms with van der Waals surface area (Å²) in [5.41, 5.74) is 1.06. The molecular weight excluding hydrogens is 530 g/mol. The molecule has 40 heavy (non-hydrogen) atoms. The van der Waals surface area contributed by atoms with E-state index in [4.69, 9.17) is 9.47 Å². The molecule has 1 atom stereocenters. The lowest BCUT2D eigenvalue weighted by molar-refractivity contribution is -0.139. The number of unbranched alkanes of at least 4 members (excludes halogenated alkanes) is 1. The van der Waals surface area contributed by atoms with E-state index in [0.29, 0.717) is 23.7 Å². The minimum absolute atomic E-state index is 0.0469. The van der Waals surface area contributed by atoms with Crippen molar-refractivity contribution in [3.05, 3.63) is 84.4 Å². The van der Waals surface area contributed by atoms with Gasteiger partial charge in [-0.15, -0.1) is 0 Å². The van der Waals surface area contributed by atoms with Gasteiger partial charge in [-0.25, -0.2) is 8.42 Å². The van der Waals surface area contributed by atoms with E-state index >= 15 is 0 Å². The number of anilines is 1. The van der Waals surface area contributed by atoms with Gasteiger partial charge in [-0.3, -0.25) is 13.9 Å². The van der Waals surface area contributed by atoms with Crippen molar-refractivity contribution in [3.63, 3.8) is 0 Å². The molecule has 1 N–H and O–H groups in total. The number of hydrogen-bond acceptors (Lipinski definition) is 6. The Balaban J connectivity index is 1.98. The monoisotopic (exact) mass is 567 g/mol. The number of ether oxygens (including phenoxy) is 2. The molecule has 0 spiro atoms. The molecular formula is C30H37N3O6S. The summed E-state index contributed by atoms with van der Waals surface area (Å²) in [5.74, 6) is 0.374. The van der Waals surface area contributed by atoms with Crippen molar-refractivity contribution in [2.24, 2.45) is 0 Å². The maximum Gasteiger partial charge on any atom is 0.264 e. The highest BCUT2D eigenvalue weighted by molar-refractivity contribution is 7.92. The van der Waals surface area contributed by atoms with Crippen LogP contribution in [-0.4, -0.2) is 58.5 Å². The highest BCUT2D eigenvalue weighted by Crippen LogP contribution is 2.26. The number of nitrogens with zero attached hydrogens (tertiary/aromatic N) is 2. The predicted molar refractivity (Wildman–Crippen MR) is 155 cm³/mol. The standard InChI is InChI=1S/C30H37N3O6S/c1-5-6-20-31-30(35)23(2)32(21-24-12-16-26(38-3)17-13-24)29(34)22-33(25-14-18-27(39-4)19-15-25)40(36,37)28-10-8-7-9-11-28/h7-19,23H,5-6,20-22H2,1-4H3,(H,31,35). The van der Waals surface area contributed by atoms with E-state index in [1.807, 2.05) is 19.1 Å². The second-order valence-corrected chi connectivity index (χ2v) is 11.1. The SMILES string of the molecule is CCCCNC(=O)C(C)N(Cc1ccc(OC)cc1)C(=O)CN(c1ccc(OC)cc1)S(=O)(=O)c1ccccc1. The Morgan fingerprint density at radius 1 is 0.875 bits per heavy atom. The first-order valence-corrected chi connectivity index (χ1v) is 14.6. The molecule has 0 bridgehead atoms. The van der Waals surface area contributed by atoms with Crippen LogP contribution in [0.3, 0.4) is 0 Å². The van der Waals surface area contributed by atoms with Crippen LogP contribution in [0.1, 0.15) is 32.3 Å². The zero-order valence-corrected chi connectivity index (χ0v) is 24.2. The molecule has 0 aromatic heterocycles. The second kappa shape index (κ2) is 14.4. The van der Waals surface area contributed by atoms with Gasteiger partial charge in [-0.1, -0.05) is 43.7 Å². The minimum Gasteiger partial charge on any atom is -0.497 e. The van der Waals surface area contributed by atoms with Crippen LogP contribution in [0.15, 0.2) is 83.8 Å². The lowest BCUT2D eigenvalue weighted by atomic mass is 10.1. The molecule has 10 heteroatoms. The van der Waals surface area contributed by atoms with Crippen molar-refractivity contribution in [2.75, 3.05) is 31.6 Å². The molecule has 3 aromatic rings. The van der Waals surface area contributed by atoms with Crippen molar-refractivity contribution in [1.82, 2.24) is 10.2 Å². The lowest BCUT2D eigenvalue weighted by Crippen LogP contribution is -2.51. The number of hydrogen-bond donors (Lipinski definition) is 1. The topological polar surface area (TPSA) is 105 Å². The van der Waals surface area contributed by atoms with Crippen molar-refractivity contribution in [1.29, 1.82) is 0 Å². The normalized spacial score (nSPS) is 11.8. The fraction of sp³-hybridized carbons (Fsp3) is 0.333. The van der Waals surface area contributed by atoms with Crippen molar-refractivity contribution < 1.29 is 27.5 Å². The van der Waals surface area contributed by atoms with E-state index in [1.165, 1.54) is 24.1 Å². The molecule has 3 aromatic carbocycles. The van der Waals surface area contributed by atoms with Crippen LogP contribution in [0, 0.1) is 0 Å². The highest BCUT2D eigenvalue weighted by Gasteiger charge is 2.32. The van der Waals surface area contributed by atoms with Gasteiger partial charge in [0.1, 0.15) is 24.1 Å². The quantitative estimate of drug-likeness (QED) is 0.292. The fourth-order valence-corrected chi connectivity index (χ4v) is 5.48. The van der Waals surface area contributed by atoms with E-state index in [9.17, 15) is 18.0 Å². The fourth-order valence-electron chi connectivity index (χ4n) is 4.04. The Kier molecular flexibility index (Phi) is 11.0. The predicted octanol–water partition coefficient (Wildman–Crippen LogP) is 4.23. The van der Waals surface area contributed by atoms with Gasteiger partial charge >= 0.3 is 0 Å². The van der Waals surface area contributed by atoms with E-state index in [1.54, 1.807) is 68.6 Å². The Labute approximate surface area is 236 Å². The first kappa shape index (κ1) is 30.5. The van der Waals surface area contributed by atoms with Gasteiger partial charge in [0.2, 0.25) is 11.8 Å². The number of methoxy groups -OCH3 is 2. The average molecular weight is 568 g/mol. The molecule has 0 aliphatic rings. The molecule has 0 fully saturated rings. The van der Waals surface area contributed by atoms with Crippen LogP contribution >= 0.6 is 0 Å². The number of carbonyl (C=O) groups is 2. The molecule has 2 amide bonds. The molecule has 9 nitrogen and oxygen atoms in total. The van der Waals surface area contributed by atoms with Crippen molar-refractivity contribution >= 4 is 27.5 Å². The summed E-state index contributed by atoms with van der Waals surface area (Å²) in [6.45, 7) is 3.76. The first-order chi connectivity index (χ1) is 19.2. The number of nitrogens with one attached hydrogen (secondary N) is 1. The van der Waals surface area contributed by atoms with Crippen LogP contribution in [0.4, 0.5) is 5.69 Å². The summed E-state index contributed by atoms with van der Waals surface area (Å²) >= 11 is 0. The smallest absolute Gasteiger partial charge is 0.264 e. The zero-order valence-electron chi connectivity index (χ0n) is 23.4. The molecule has 0 saturated carbocycles. The van der Waals surface area contributed by atoms with E-state index < -0.39 is 28.5 Å². The summed E-state index contributed by atoms with van der Waals surface area (Å²) in [5, 5.41) is 2.88. The van der Waals surface area contributed by atoms with Gasteiger partial charge < -0.3 is 19.7 Å². The number of carbonyl (C=O) groups excluding carboxylic acids is 2. The molecule has 0 aliphatic carbocycles. The van der Waals surface area contributed by atoms with Crippen molar-refractivity contribution in [2.45, 2.75) is 44.2 Å². The van der Waals surface area contributed by atoms with Gasteiger partial charge in [-0.2, -0.15) is 0 Å². The first-order valence-electron chi connectivity index (χ1n) is 13.1. The summed E-state index contributed by atoms with van der Waals surface area (Å²) in [6, 6.07) is 20.7. The zero-order chi connectivity index (χ0) is 29.1. The molecule has 0 saturated heterocycles. The highest BCUT2D eigenvalue weighted by atomic mass is 32.2. The maximum absolute atomic E-state index is 13.9. The van der Waals surface area contributed by atoms with Gasteiger partial charge in [-0.05, 0) is 67.4 Å². The van der Waals surface area contributed by atoms with Gasteiger partial charge in [0.15, 0.2) is 0 Å². The lowest BCUT2D eigenvalue weighted by Gasteiger charge is -2.32. The van der Waals surface area contributed by atoms with E-state index in [2.05, 4.69) is 5.32 Å². The third-order valence-electron chi connectivity index (χ3n) is 6.48. The number of rotatable bonds is 14. The molecule has 3 rings (SSSR count). The molecule has 0 heterocycles. The molecule has 0 radical (unpaired) electrons. The Morgan fingerprint density at radius 2 is 1.45 bits per heavy atom. The minimum atomic E-state index is -4.12.